The molecule has 2 rings (SSSR count). The Balaban J connectivity index is 2.38. The summed E-state index contributed by atoms with van der Waals surface area (Å²) in [6.45, 7) is 0.152. The Morgan fingerprint density at radius 2 is 2.07 bits per heavy atom. The molecule has 1 aromatic carbocycles. The van der Waals surface area contributed by atoms with Gasteiger partial charge in [0.15, 0.2) is 0 Å². The van der Waals surface area contributed by atoms with E-state index >= 15 is 0 Å². The van der Waals surface area contributed by atoms with Gasteiger partial charge in [-0.15, -0.1) is 0 Å². The maximum atomic E-state index is 13.8. The van der Waals surface area contributed by atoms with Crippen LogP contribution in [0.25, 0.3) is 0 Å². The fraction of sp³-hybridized carbons (Fsp3) is 0.455. The minimum Gasteiger partial charge on any atom is -0.300 e. The van der Waals surface area contributed by atoms with Gasteiger partial charge in [0.25, 0.3) is 0 Å². The number of rotatable bonds is 2. The minimum atomic E-state index is -0.118. The van der Waals surface area contributed by atoms with E-state index in [4.69, 9.17) is 5.90 Å². The van der Waals surface area contributed by atoms with E-state index in [2.05, 4.69) is 4.84 Å². The van der Waals surface area contributed by atoms with Crippen molar-refractivity contribution in [1.82, 2.24) is 0 Å². The van der Waals surface area contributed by atoms with Crippen LogP contribution in [0.1, 0.15) is 29.5 Å². The van der Waals surface area contributed by atoms with Crippen LogP contribution in [0.4, 0.5) is 4.39 Å². The SMILES string of the molecule is NOCc1ccc2c(c1F)CCCC2. The van der Waals surface area contributed by atoms with Gasteiger partial charge in [0.1, 0.15) is 5.82 Å². The highest BCUT2D eigenvalue weighted by atomic mass is 19.1. The van der Waals surface area contributed by atoms with Crippen molar-refractivity contribution in [1.29, 1.82) is 0 Å². The van der Waals surface area contributed by atoms with Gasteiger partial charge in [-0.1, -0.05) is 12.1 Å². The summed E-state index contributed by atoms with van der Waals surface area (Å²) in [5, 5.41) is 0. The molecule has 14 heavy (non-hydrogen) atoms. The molecule has 1 aromatic rings. The molecule has 2 nitrogen and oxygen atoms in total. The third-order valence-electron chi connectivity index (χ3n) is 2.78. The van der Waals surface area contributed by atoms with Crippen molar-refractivity contribution in [3.05, 3.63) is 34.6 Å². The van der Waals surface area contributed by atoms with Crippen molar-refractivity contribution in [2.75, 3.05) is 0 Å². The van der Waals surface area contributed by atoms with Crippen molar-refractivity contribution in [3.63, 3.8) is 0 Å². The molecule has 0 saturated carbocycles. The molecule has 1 aliphatic rings. The Morgan fingerprint density at radius 1 is 1.29 bits per heavy atom. The molecule has 0 amide bonds. The molecule has 0 atom stereocenters. The summed E-state index contributed by atoms with van der Waals surface area (Å²) in [5.74, 6) is 4.82. The molecule has 2 N–H and O–H groups in total. The maximum Gasteiger partial charge on any atom is 0.132 e. The third kappa shape index (κ3) is 1.65. The molecule has 0 radical (unpaired) electrons. The van der Waals surface area contributed by atoms with Crippen molar-refractivity contribution in [2.24, 2.45) is 5.90 Å². The largest absolute Gasteiger partial charge is 0.300 e. The van der Waals surface area contributed by atoms with Crippen molar-refractivity contribution < 1.29 is 9.23 Å². The van der Waals surface area contributed by atoms with Gasteiger partial charge in [-0.3, -0.25) is 4.84 Å². The topological polar surface area (TPSA) is 35.2 Å². The zero-order valence-electron chi connectivity index (χ0n) is 8.05. The lowest BCUT2D eigenvalue weighted by Crippen LogP contribution is -2.09. The first kappa shape index (κ1) is 9.62. The zero-order chi connectivity index (χ0) is 9.97. The van der Waals surface area contributed by atoms with Crippen LogP contribution in [-0.2, 0) is 24.3 Å². The van der Waals surface area contributed by atoms with Crippen molar-refractivity contribution in [2.45, 2.75) is 32.3 Å². The summed E-state index contributed by atoms with van der Waals surface area (Å²) < 4.78 is 13.8. The van der Waals surface area contributed by atoms with Crippen LogP contribution in [0.3, 0.4) is 0 Å². The number of aryl methyl sites for hydroxylation is 1. The lowest BCUT2D eigenvalue weighted by molar-refractivity contribution is 0.121. The second-order valence-electron chi connectivity index (χ2n) is 3.69. The molecule has 76 valence electrons. The van der Waals surface area contributed by atoms with Gasteiger partial charge in [0, 0.05) is 5.56 Å². The first-order chi connectivity index (χ1) is 6.83. The summed E-state index contributed by atoms with van der Waals surface area (Å²) in [6, 6.07) is 3.76. The molecule has 0 aliphatic heterocycles. The second kappa shape index (κ2) is 4.07. The predicted octanol–water partition coefficient (Wildman–Crippen LogP) is 2.09. The number of fused-ring (bicyclic) bond motifs is 1. The van der Waals surface area contributed by atoms with Crippen LogP contribution in [0.15, 0.2) is 12.1 Å². The minimum absolute atomic E-state index is 0.118. The van der Waals surface area contributed by atoms with Crippen LogP contribution in [0.5, 0.6) is 0 Å². The van der Waals surface area contributed by atoms with Gasteiger partial charge in [0.2, 0.25) is 0 Å². The summed E-state index contributed by atoms with van der Waals surface area (Å²) in [6.07, 6.45) is 4.09. The van der Waals surface area contributed by atoms with E-state index in [-0.39, 0.29) is 12.4 Å². The maximum absolute atomic E-state index is 13.8. The molecule has 0 aromatic heterocycles. The highest BCUT2D eigenvalue weighted by molar-refractivity contribution is 5.35. The summed E-state index contributed by atoms with van der Waals surface area (Å²) in [5.41, 5.74) is 2.58. The van der Waals surface area contributed by atoms with Gasteiger partial charge in [-0.25, -0.2) is 10.3 Å². The van der Waals surface area contributed by atoms with Crippen LogP contribution in [-0.4, -0.2) is 0 Å². The fourth-order valence-electron chi connectivity index (χ4n) is 2.03. The normalized spacial score (nSPS) is 15.3. The Morgan fingerprint density at radius 3 is 2.86 bits per heavy atom. The number of nitrogens with two attached hydrogens (primary N) is 1. The van der Waals surface area contributed by atoms with Crippen molar-refractivity contribution in [3.8, 4) is 0 Å². The van der Waals surface area contributed by atoms with E-state index in [1.165, 1.54) is 6.42 Å². The number of hydrogen-bond donors (Lipinski definition) is 1. The van der Waals surface area contributed by atoms with E-state index in [0.29, 0.717) is 5.56 Å². The predicted molar refractivity (Wildman–Crippen MR) is 52.0 cm³/mol. The van der Waals surface area contributed by atoms with Gasteiger partial charge < -0.3 is 0 Å². The molecule has 0 unspecified atom stereocenters. The Hall–Kier alpha value is -0.930. The molecule has 3 heteroatoms. The zero-order valence-corrected chi connectivity index (χ0v) is 8.05. The highest BCUT2D eigenvalue weighted by Crippen LogP contribution is 2.25. The average molecular weight is 195 g/mol. The Bertz CT molecular complexity index is 338. The van der Waals surface area contributed by atoms with Gasteiger partial charge in [-0.2, -0.15) is 0 Å². The van der Waals surface area contributed by atoms with Gasteiger partial charge in [-0.05, 0) is 36.8 Å². The molecular formula is C11H14FNO. The lowest BCUT2D eigenvalue weighted by Gasteiger charge is -2.17. The average Bonchev–Trinajstić information content (AvgIpc) is 2.23. The van der Waals surface area contributed by atoms with Gasteiger partial charge in [0.05, 0.1) is 6.61 Å². The quantitative estimate of drug-likeness (QED) is 0.733. The van der Waals surface area contributed by atoms with E-state index in [0.717, 1.165) is 30.4 Å². The third-order valence-corrected chi connectivity index (χ3v) is 2.78. The molecule has 0 heterocycles. The standard InChI is InChI=1S/C11H14FNO/c12-11-9(7-14-13)6-5-8-3-1-2-4-10(8)11/h5-6H,1-4,7,13H2. The lowest BCUT2D eigenvalue weighted by atomic mass is 9.90. The monoisotopic (exact) mass is 195 g/mol. The van der Waals surface area contributed by atoms with Crippen LogP contribution in [0, 0.1) is 5.82 Å². The highest BCUT2D eigenvalue weighted by Gasteiger charge is 2.16. The molecule has 0 bridgehead atoms. The van der Waals surface area contributed by atoms with E-state index < -0.39 is 0 Å². The van der Waals surface area contributed by atoms with E-state index in [1.807, 2.05) is 6.07 Å². The Kier molecular flexibility index (Phi) is 2.79. The van der Waals surface area contributed by atoms with Crippen LogP contribution < -0.4 is 5.90 Å². The fourth-order valence-corrected chi connectivity index (χ4v) is 2.03. The van der Waals surface area contributed by atoms with Crippen molar-refractivity contribution >= 4 is 0 Å². The Labute approximate surface area is 82.8 Å². The summed E-state index contributed by atoms with van der Waals surface area (Å²) >= 11 is 0. The molecule has 1 aliphatic carbocycles. The first-order valence-electron chi connectivity index (χ1n) is 4.93. The summed E-state index contributed by atoms with van der Waals surface area (Å²) in [7, 11) is 0. The molecule has 0 spiro atoms. The van der Waals surface area contributed by atoms with Crippen LogP contribution in [0.2, 0.25) is 0 Å². The molecule has 0 saturated heterocycles. The van der Waals surface area contributed by atoms with E-state index in [1.54, 1.807) is 6.07 Å². The number of hydrogen-bond acceptors (Lipinski definition) is 2. The van der Waals surface area contributed by atoms with Gasteiger partial charge >= 0.3 is 0 Å². The van der Waals surface area contributed by atoms with E-state index in [9.17, 15) is 4.39 Å². The summed E-state index contributed by atoms with van der Waals surface area (Å²) in [4.78, 5) is 4.46. The number of halogens is 1. The first-order valence-corrected chi connectivity index (χ1v) is 4.93. The smallest absolute Gasteiger partial charge is 0.132 e. The number of benzene rings is 1. The molecular weight excluding hydrogens is 181 g/mol. The van der Waals surface area contributed by atoms with Crippen LogP contribution >= 0.6 is 0 Å². The molecule has 0 fully saturated rings. The second-order valence-corrected chi connectivity index (χ2v) is 3.69.